The number of hydrogen-bond acceptors (Lipinski definition) is 8. The fraction of sp³-hybridized carbons (Fsp3) is 0.536. The van der Waals surface area contributed by atoms with Crippen LogP contribution in [0, 0.1) is 17.2 Å². The Labute approximate surface area is 222 Å². The van der Waals surface area contributed by atoms with Crippen molar-refractivity contribution in [2.45, 2.75) is 29.4 Å². The van der Waals surface area contributed by atoms with Crippen LogP contribution in [0.3, 0.4) is 0 Å². The molecule has 37 heavy (non-hydrogen) atoms. The highest BCUT2D eigenvalue weighted by Gasteiger charge is 2.33. The summed E-state index contributed by atoms with van der Waals surface area (Å²) in [7, 11) is 0. The molecule has 1 N–H and O–H groups in total. The fourth-order valence-corrected chi connectivity index (χ4v) is 7.31. The molecule has 4 aliphatic rings. The number of hydrogen-bond donors (Lipinski definition) is 1. The minimum atomic E-state index is 0.493. The second-order valence-corrected chi connectivity index (χ2v) is 12.1. The van der Waals surface area contributed by atoms with Gasteiger partial charge in [0, 0.05) is 86.7 Å². The first-order valence-electron chi connectivity index (χ1n) is 13.6. The summed E-state index contributed by atoms with van der Waals surface area (Å²) in [4.78, 5) is 22.5. The van der Waals surface area contributed by atoms with E-state index in [0.717, 1.165) is 79.0 Å². The summed E-state index contributed by atoms with van der Waals surface area (Å²) in [6.45, 7) is 10.3. The number of benzene rings is 1. The minimum Gasteiger partial charge on any atom is -0.378 e. The van der Waals surface area contributed by atoms with Crippen molar-refractivity contribution in [3.63, 3.8) is 0 Å². The van der Waals surface area contributed by atoms with Gasteiger partial charge in [-0.15, -0.1) is 11.8 Å². The van der Waals surface area contributed by atoms with Gasteiger partial charge in [0.1, 0.15) is 5.82 Å². The van der Waals surface area contributed by atoms with Gasteiger partial charge in [-0.2, -0.15) is 5.26 Å². The van der Waals surface area contributed by atoms with Crippen LogP contribution >= 0.6 is 11.8 Å². The summed E-state index contributed by atoms with van der Waals surface area (Å²) < 4.78 is 5.65. The summed E-state index contributed by atoms with van der Waals surface area (Å²) >= 11 is 1.97. The Kier molecular flexibility index (Phi) is 6.29. The van der Waals surface area contributed by atoms with E-state index in [2.05, 4.69) is 31.8 Å². The van der Waals surface area contributed by atoms with Gasteiger partial charge >= 0.3 is 0 Å². The van der Waals surface area contributed by atoms with Crippen LogP contribution in [0.1, 0.15) is 24.1 Å². The summed E-state index contributed by atoms with van der Waals surface area (Å²) in [5.74, 6) is 2.73. The van der Waals surface area contributed by atoms with Crippen LogP contribution in [0.25, 0.3) is 22.3 Å². The van der Waals surface area contributed by atoms with Crippen molar-refractivity contribution in [3.05, 3.63) is 35.7 Å². The molecule has 8 nitrogen and oxygen atoms in total. The van der Waals surface area contributed by atoms with Gasteiger partial charge in [0.05, 0.1) is 35.4 Å². The average Bonchev–Trinajstić information content (AvgIpc) is 3.45. The second-order valence-electron chi connectivity index (χ2n) is 10.8. The van der Waals surface area contributed by atoms with Gasteiger partial charge in [-0.1, -0.05) is 0 Å². The zero-order chi connectivity index (χ0) is 24.8. The van der Waals surface area contributed by atoms with Gasteiger partial charge in [-0.05, 0) is 37.0 Å². The van der Waals surface area contributed by atoms with E-state index in [1.807, 2.05) is 30.1 Å². The second kappa shape index (κ2) is 9.91. The fourth-order valence-electron chi connectivity index (χ4n) is 5.90. The number of morpholine rings is 1. The predicted octanol–water partition coefficient (Wildman–Crippen LogP) is 3.38. The number of anilines is 1. The van der Waals surface area contributed by atoms with Gasteiger partial charge in [-0.25, -0.2) is 9.97 Å². The molecule has 1 unspecified atom stereocenters. The molecular weight excluding hydrogens is 482 g/mol. The number of ether oxygens (including phenoxy) is 1. The third-order valence-corrected chi connectivity index (χ3v) is 9.42. The lowest BCUT2D eigenvalue weighted by molar-refractivity contribution is 0.122. The smallest absolute Gasteiger partial charge is 0.162 e. The van der Waals surface area contributed by atoms with E-state index >= 15 is 0 Å². The van der Waals surface area contributed by atoms with E-state index in [9.17, 15) is 5.26 Å². The number of rotatable bonds is 6. The van der Waals surface area contributed by atoms with E-state index in [-0.39, 0.29) is 0 Å². The Morgan fingerprint density at radius 1 is 1.03 bits per heavy atom. The number of fused-ring (bicyclic) bond motifs is 2. The number of H-pyrrole nitrogens is 1. The Morgan fingerprint density at radius 2 is 1.81 bits per heavy atom. The molecular formula is C28H33N7OS. The summed E-state index contributed by atoms with van der Waals surface area (Å²) in [5, 5.41) is 11.2. The standard InChI is InChI=1S/C28H33N7OS/c29-16-20-13-23(22-3-4-30-24(22)14-20)27-31-25-15-21(18-34-7-5-33(6-8-34)17-19-1-2-19)37-26(25)28(32-27)35-9-11-36-12-10-35/h3-4,13-14,19,21,30H,1-2,5-12,15,17-18H2. The first-order chi connectivity index (χ1) is 18.2. The molecule has 3 aromatic rings. The molecule has 3 aliphatic heterocycles. The van der Waals surface area contributed by atoms with Crippen molar-refractivity contribution < 1.29 is 4.74 Å². The molecule has 7 rings (SSSR count). The van der Waals surface area contributed by atoms with Gasteiger partial charge in [-0.3, -0.25) is 4.90 Å². The maximum absolute atomic E-state index is 9.63. The zero-order valence-electron chi connectivity index (χ0n) is 21.2. The number of nitrogens with one attached hydrogen (secondary N) is 1. The molecule has 1 saturated carbocycles. The zero-order valence-corrected chi connectivity index (χ0v) is 22.0. The summed E-state index contributed by atoms with van der Waals surface area (Å²) in [6, 6.07) is 8.18. The third kappa shape index (κ3) is 4.84. The topological polar surface area (TPSA) is 84.3 Å². The molecule has 5 heterocycles. The normalized spacial score (nSPS) is 22.9. The Morgan fingerprint density at radius 3 is 2.57 bits per heavy atom. The molecule has 9 heteroatoms. The number of thioether (sulfide) groups is 1. The quantitative estimate of drug-likeness (QED) is 0.535. The van der Waals surface area contributed by atoms with E-state index in [0.29, 0.717) is 10.8 Å². The third-order valence-electron chi connectivity index (χ3n) is 8.11. The first kappa shape index (κ1) is 23.5. The molecule has 1 atom stereocenters. The van der Waals surface area contributed by atoms with Gasteiger partial charge in [0.2, 0.25) is 0 Å². The monoisotopic (exact) mass is 515 g/mol. The van der Waals surface area contributed by atoms with E-state index in [1.54, 1.807) is 0 Å². The highest BCUT2D eigenvalue weighted by molar-refractivity contribution is 8.00. The summed E-state index contributed by atoms with van der Waals surface area (Å²) in [6.07, 6.45) is 5.75. The summed E-state index contributed by atoms with van der Waals surface area (Å²) in [5.41, 5.74) is 3.64. The molecule has 192 valence electrons. The Balaban J connectivity index is 1.16. The molecule has 2 aromatic heterocycles. The largest absolute Gasteiger partial charge is 0.378 e. The highest BCUT2D eigenvalue weighted by Crippen LogP contribution is 2.44. The van der Waals surface area contributed by atoms with Crippen LogP contribution in [0.5, 0.6) is 0 Å². The number of aromatic nitrogens is 3. The molecule has 0 amide bonds. The van der Waals surface area contributed by atoms with E-state index in [1.165, 1.54) is 50.5 Å². The Bertz CT molecular complexity index is 1330. The Hall–Kier alpha value is -2.64. The lowest BCUT2D eigenvalue weighted by atomic mass is 10.1. The molecule has 1 aliphatic carbocycles. The first-order valence-corrected chi connectivity index (χ1v) is 14.5. The molecule has 2 saturated heterocycles. The van der Waals surface area contributed by atoms with Crippen molar-refractivity contribution in [1.82, 2.24) is 24.8 Å². The number of piperazine rings is 1. The molecule has 0 bridgehead atoms. The van der Waals surface area contributed by atoms with Crippen molar-refractivity contribution in [3.8, 4) is 17.5 Å². The number of nitrogens with zero attached hydrogens (tertiary/aromatic N) is 6. The average molecular weight is 516 g/mol. The van der Waals surface area contributed by atoms with E-state index < -0.39 is 0 Å². The van der Waals surface area contributed by atoms with Crippen molar-refractivity contribution in [2.75, 3.05) is 70.5 Å². The van der Waals surface area contributed by atoms with E-state index in [4.69, 9.17) is 14.7 Å². The van der Waals surface area contributed by atoms with Crippen LogP contribution in [-0.4, -0.2) is 95.6 Å². The van der Waals surface area contributed by atoms with Crippen molar-refractivity contribution in [1.29, 1.82) is 5.26 Å². The van der Waals surface area contributed by atoms with Crippen molar-refractivity contribution >= 4 is 28.5 Å². The number of nitriles is 1. The number of aromatic amines is 1. The predicted molar refractivity (Wildman–Crippen MR) is 146 cm³/mol. The van der Waals surface area contributed by atoms with Gasteiger partial charge in [0.25, 0.3) is 0 Å². The van der Waals surface area contributed by atoms with Gasteiger partial charge < -0.3 is 19.5 Å². The van der Waals surface area contributed by atoms with Crippen molar-refractivity contribution in [2.24, 2.45) is 5.92 Å². The maximum Gasteiger partial charge on any atom is 0.162 e. The maximum atomic E-state index is 9.63. The van der Waals surface area contributed by atoms with Crippen LogP contribution < -0.4 is 4.90 Å². The SMILES string of the molecule is N#Cc1cc(-c2nc3c(c(N4CCOCC4)n2)SC(CN2CCN(CC4CC4)CC2)C3)c2cc[nH]c2c1. The molecule has 0 spiro atoms. The van der Waals surface area contributed by atoms with Crippen LogP contribution in [0.4, 0.5) is 5.82 Å². The highest BCUT2D eigenvalue weighted by atomic mass is 32.2. The van der Waals surface area contributed by atoms with Crippen LogP contribution in [0.15, 0.2) is 29.3 Å². The minimum absolute atomic E-state index is 0.493. The lowest BCUT2D eigenvalue weighted by Crippen LogP contribution is -2.48. The van der Waals surface area contributed by atoms with Gasteiger partial charge in [0.15, 0.2) is 5.82 Å². The molecule has 0 radical (unpaired) electrons. The molecule has 1 aromatic carbocycles. The van der Waals surface area contributed by atoms with Crippen LogP contribution in [0.2, 0.25) is 0 Å². The van der Waals surface area contributed by atoms with Crippen LogP contribution in [-0.2, 0) is 11.2 Å². The lowest BCUT2D eigenvalue weighted by Gasteiger charge is -2.35. The molecule has 3 fully saturated rings.